The highest BCUT2D eigenvalue weighted by molar-refractivity contribution is 6.36. The molecule has 0 saturated carbocycles. The molecule has 0 fully saturated rings. The van der Waals surface area contributed by atoms with Crippen LogP contribution in [0.15, 0.2) is 29.3 Å². The maximum atomic E-state index is 6.39. The van der Waals surface area contributed by atoms with Gasteiger partial charge in [0.2, 0.25) is 0 Å². The van der Waals surface area contributed by atoms with Crippen molar-refractivity contribution in [1.82, 2.24) is 9.78 Å². The first-order chi connectivity index (χ1) is 10.1. The van der Waals surface area contributed by atoms with Gasteiger partial charge in [-0.1, -0.05) is 29.8 Å². The van der Waals surface area contributed by atoms with Crippen molar-refractivity contribution in [1.29, 1.82) is 0 Å². The number of benzene rings is 1. The van der Waals surface area contributed by atoms with Gasteiger partial charge in [0.05, 0.1) is 23.5 Å². The summed E-state index contributed by atoms with van der Waals surface area (Å²) in [6, 6.07) is 7.88. The first-order valence-corrected chi connectivity index (χ1v) is 7.59. The summed E-state index contributed by atoms with van der Waals surface area (Å²) in [5, 5.41) is 5.39. The molecule has 1 aliphatic rings. The van der Waals surface area contributed by atoms with Crippen LogP contribution in [0.3, 0.4) is 0 Å². The molecule has 2 aromatic rings. The number of aliphatic imine (C=N–C) groups is 1. The van der Waals surface area contributed by atoms with Crippen molar-refractivity contribution in [3.05, 3.63) is 46.1 Å². The molecule has 0 amide bonds. The van der Waals surface area contributed by atoms with Gasteiger partial charge in [-0.25, -0.2) is 4.68 Å². The molecule has 0 unspecified atom stereocenters. The number of fused-ring (bicyclic) bond motifs is 1. The fourth-order valence-corrected chi connectivity index (χ4v) is 3.05. The zero-order valence-electron chi connectivity index (χ0n) is 12.6. The van der Waals surface area contributed by atoms with Gasteiger partial charge in [0.1, 0.15) is 5.82 Å². The molecule has 0 atom stereocenters. The van der Waals surface area contributed by atoms with Gasteiger partial charge in [-0.2, -0.15) is 5.10 Å². The molecular formula is C16H19ClN4. The average Bonchev–Trinajstić information content (AvgIpc) is 2.71. The van der Waals surface area contributed by atoms with Gasteiger partial charge in [0.25, 0.3) is 0 Å². The van der Waals surface area contributed by atoms with Gasteiger partial charge in [-0.15, -0.1) is 0 Å². The van der Waals surface area contributed by atoms with E-state index >= 15 is 0 Å². The minimum Gasteiger partial charge on any atom is -0.357 e. The van der Waals surface area contributed by atoms with Crippen LogP contribution < -0.4 is 4.90 Å². The van der Waals surface area contributed by atoms with Gasteiger partial charge in [0.15, 0.2) is 0 Å². The zero-order chi connectivity index (χ0) is 15.0. The summed E-state index contributed by atoms with van der Waals surface area (Å²) in [4.78, 5) is 7.02. The predicted molar refractivity (Wildman–Crippen MR) is 87.9 cm³/mol. The number of nitrogens with zero attached hydrogens (tertiary/aromatic N) is 4. The minimum atomic E-state index is 0.732. The van der Waals surface area contributed by atoms with Crippen LogP contribution in [0.5, 0.6) is 0 Å². The Kier molecular flexibility index (Phi) is 3.72. The summed E-state index contributed by atoms with van der Waals surface area (Å²) in [6.45, 7) is 6.63. The quantitative estimate of drug-likeness (QED) is 0.854. The summed E-state index contributed by atoms with van der Waals surface area (Å²) in [7, 11) is 2.09. The van der Waals surface area contributed by atoms with Gasteiger partial charge < -0.3 is 4.90 Å². The molecule has 4 nitrogen and oxygen atoms in total. The second-order valence-electron chi connectivity index (χ2n) is 5.23. The van der Waals surface area contributed by atoms with E-state index in [1.165, 1.54) is 0 Å². The van der Waals surface area contributed by atoms with Gasteiger partial charge in [-0.3, -0.25) is 4.99 Å². The third-order valence-electron chi connectivity index (χ3n) is 3.83. The number of hydrogen-bond acceptors (Lipinski definition) is 3. The second kappa shape index (κ2) is 5.53. The lowest BCUT2D eigenvalue weighted by Gasteiger charge is -2.19. The summed E-state index contributed by atoms with van der Waals surface area (Å²) in [5.41, 5.74) is 4.04. The van der Waals surface area contributed by atoms with E-state index in [4.69, 9.17) is 16.6 Å². The Morgan fingerprint density at radius 1 is 1.29 bits per heavy atom. The number of rotatable bonds is 2. The fraction of sp³-hybridized carbons (Fsp3) is 0.375. The molecule has 0 saturated heterocycles. The molecular weight excluding hydrogens is 284 g/mol. The summed E-state index contributed by atoms with van der Waals surface area (Å²) in [5.74, 6) is 1.13. The van der Waals surface area contributed by atoms with Crippen LogP contribution in [-0.2, 0) is 6.54 Å². The van der Waals surface area contributed by atoms with E-state index in [0.29, 0.717) is 0 Å². The molecule has 1 aromatic heterocycles. The number of halogens is 1. The zero-order valence-corrected chi connectivity index (χ0v) is 13.4. The van der Waals surface area contributed by atoms with Crippen molar-refractivity contribution < 1.29 is 0 Å². The molecule has 0 spiro atoms. The van der Waals surface area contributed by atoms with E-state index in [9.17, 15) is 0 Å². The van der Waals surface area contributed by atoms with E-state index in [0.717, 1.165) is 53.0 Å². The highest BCUT2D eigenvalue weighted by atomic mass is 35.5. The average molecular weight is 303 g/mol. The second-order valence-corrected chi connectivity index (χ2v) is 5.64. The van der Waals surface area contributed by atoms with Crippen LogP contribution in [0.25, 0.3) is 0 Å². The lowest BCUT2D eigenvalue weighted by molar-refractivity contribution is 0.641. The minimum absolute atomic E-state index is 0.732. The number of anilines is 1. The summed E-state index contributed by atoms with van der Waals surface area (Å²) in [6.07, 6.45) is 0. The molecule has 0 bridgehead atoms. The topological polar surface area (TPSA) is 33.4 Å². The number of aromatic nitrogens is 2. The van der Waals surface area contributed by atoms with Crippen molar-refractivity contribution in [2.45, 2.75) is 20.4 Å². The largest absolute Gasteiger partial charge is 0.357 e. The molecule has 3 rings (SSSR count). The van der Waals surface area contributed by atoms with E-state index in [1.807, 2.05) is 35.9 Å². The number of likely N-dealkylation sites (N-methyl/N-ethyl adjacent to an activating group) is 1. The number of aryl methyl sites for hydroxylation is 2. The Bertz CT molecular complexity index is 702. The Morgan fingerprint density at radius 2 is 2.05 bits per heavy atom. The van der Waals surface area contributed by atoms with Crippen LogP contribution in [0.4, 0.5) is 5.82 Å². The smallest absolute Gasteiger partial charge is 0.136 e. The Labute approximate surface area is 130 Å². The van der Waals surface area contributed by atoms with Crippen molar-refractivity contribution in [2.24, 2.45) is 4.99 Å². The predicted octanol–water partition coefficient (Wildman–Crippen LogP) is 3.15. The Balaban J connectivity index is 2.25. The third kappa shape index (κ3) is 2.33. The van der Waals surface area contributed by atoms with Crippen molar-refractivity contribution in [2.75, 3.05) is 25.0 Å². The highest BCUT2D eigenvalue weighted by Gasteiger charge is 2.26. The fourth-order valence-electron chi connectivity index (χ4n) is 2.82. The van der Waals surface area contributed by atoms with Crippen molar-refractivity contribution in [3.63, 3.8) is 0 Å². The van der Waals surface area contributed by atoms with Crippen molar-refractivity contribution in [3.8, 4) is 0 Å². The normalized spacial score (nSPS) is 14.7. The molecule has 1 aromatic carbocycles. The van der Waals surface area contributed by atoms with Crippen LogP contribution in [0.2, 0.25) is 5.02 Å². The first-order valence-electron chi connectivity index (χ1n) is 7.21. The van der Waals surface area contributed by atoms with Gasteiger partial charge >= 0.3 is 0 Å². The van der Waals surface area contributed by atoms with E-state index < -0.39 is 0 Å². The van der Waals surface area contributed by atoms with Gasteiger partial charge in [0, 0.05) is 30.7 Å². The Morgan fingerprint density at radius 3 is 2.76 bits per heavy atom. The summed E-state index contributed by atoms with van der Waals surface area (Å²) < 4.78 is 2.04. The SMILES string of the molecule is CCn1nc(C)c2c1N(C)CCN=C2c1ccccc1Cl. The van der Waals surface area contributed by atoms with E-state index in [1.54, 1.807) is 0 Å². The van der Waals surface area contributed by atoms with Gasteiger partial charge in [-0.05, 0) is 19.9 Å². The molecule has 1 aliphatic heterocycles. The maximum absolute atomic E-state index is 6.39. The monoisotopic (exact) mass is 302 g/mol. The van der Waals surface area contributed by atoms with E-state index in [2.05, 4.69) is 24.0 Å². The standard InChI is InChI=1S/C16H19ClN4/c1-4-21-16-14(11(2)19-21)15(18-9-10-20(16)3)12-7-5-6-8-13(12)17/h5-8H,4,9-10H2,1-3H3. The van der Waals surface area contributed by atoms with Crippen LogP contribution in [0.1, 0.15) is 23.7 Å². The molecule has 0 aliphatic carbocycles. The van der Waals surface area contributed by atoms with Crippen LogP contribution in [0, 0.1) is 6.92 Å². The van der Waals surface area contributed by atoms with Crippen molar-refractivity contribution >= 4 is 23.1 Å². The lowest BCUT2D eigenvalue weighted by atomic mass is 10.0. The molecule has 0 radical (unpaired) electrons. The molecule has 2 heterocycles. The van der Waals surface area contributed by atoms with Crippen LogP contribution >= 0.6 is 11.6 Å². The molecule has 21 heavy (non-hydrogen) atoms. The molecule has 110 valence electrons. The van der Waals surface area contributed by atoms with Crippen LogP contribution in [-0.4, -0.2) is 35.6 Å². The molecule has 5 heteroatoms. The molecule has 0 N–H and O–H groups in total. The highest BCUT2D eigenvalue weighted by Crippen LogP contribution is 2.30. The first kappa shape index (κ1) is 14.1. The Hall–Kier alpha value is -1.81. The lowest BCUT2D eigenvalue weighted by Crippen LogP contribution is -2.23. The maximum Gasteiger partial charge on any atom is 0.136 e. The van der Waals surface area contributed by atoms with E-state index in [-0.39, 0.29) is 0 Å². The number of hydrogen-bond donors (Lipinski definition) is 0. The summed E-state index contributed by atoms with van der Waals surface area (Å²) >= 11 is 6.39. The third-order valence-corrected chi connectivity index (χ3v) is 4.16.